The average Bonchev–Trinajstić information content (AvgIpc) is 2.41. The van der Waals surface area contributed by atoms with E-state index in [-0.39, 0.29) is 5.82 Å². The lowest BCUT2D eigenvalue weighted by Crippen LogP contribution is -2.11. The number of nitrogens with one attached hydrogen (secondary N) is 1. The van der Waals surface area contributed by atoms with Crippen molar-refractivity contribution in [1.82, 2.24) is 0 Å². The SMILES string of the molecule is Cc1ccc(NCc2cccc(F)c2Br)cc1N(C)C. The molecule has 20 heavy (non-hydrogen) atoms. The van der Waals surface area contributed by atoms with Gasteiger partial charge < -0.3 is 10.2 Å². The summed E-state index contributed by atoms with van der Waals surface area (Å²) in [5.41, 5.74) is 4.33. The fourth-order valence-corrected chi connectivity index (χ4v) is 2.49. The molecule has 0 saturated heterocycles. The Morgan fingerprint density at radius 1 is 1.20 bits per heavy atom. The third kappa shape index (κ3) is 3.31. The van der Waals surface area contributed by atoms with Gasteiger partial charge in [0.1, 0.15) is 5.82 Å². The second-order valence-electron chi connectivity index (χ2n) is 4.96. The molecule has 0 unspecified atom stereocenters. The molecule has 106 valence electrons. The fourth-order valence-electron chi connectivity index (χ4n) is 2.08. The summed E-state index contributed by atoms with van der Waals surface area (Å²) in [6.45, 7) is 2.66. The summed E-state index contributed by atoms with van der Waals surface area (Å²) in [6, 6.07) is 11.3. The van der Waals surface area contributed by atoms with Gasteiger partial charge in [0.2, 0.25) is 0 Å². The molecule has 0 spiro atoms. The molecule has 4 heteroatoms. The molecule has 0 atom stereocenters. The zero-order valence-electron chi connectivity index (χ0n) is 11.9. The van der Waals surface area contributed by atoms with Crippen molar-refractivity contribution in [3.05, 3.63) is 57.8 Å². The van der Waals surface area contributed by atoms with Gasteiger partial charge in [-0.05, 0) is 52.2 Å². The predicted molar refractivity (Wildman–Crippen MR) is 86.9 cm³/mol. The molecule has 2 nitrogen and oxygen atoms in total. The number of anilines is 2. The molecule has 2 aromatic carbocycles. The van der Waals surface area contributed by atoms with Gasteiger partial charge in [-0.15, -0.1) is 0 Å². The lowest BCUT2D eigenvalue weighted by molar-refractivity contribution is 0.618. The smallest absolute Gasteiger partial charge is 0.137 e. The van der Waals surface area contributed by atoms with Crippen LogP contribution in [0.3, 0.4) is 0 Å². The van der Waals surface area contributed by atoms with E-state index in [0.29, 0.717) is 11.0 Å². The van der Waals surface area contributed by atoms with Crippen molar-refractivity contribution in [3.8, 4) is 0 Å². The summed E-state index contributed by atoms with van der Waals surface area (Å²) >= 11 is 3.28. The van der Waals surface area contributed by atoms with Crippen LogP contribution in [0, 0.1) is 12.7 Å². The molecule has 0 aliphatic carbocycles. The van der Waals surface area contributed by atoms with Crippen molar-refractivity contribution in [2.45, 2.75) is 13.5 Å². The molecule has 0 radical (unpaired) electrons. The summed E-state index contributed by atoms with van der Waals surface area (Å²) in [7, 11) is 4.05. The molecule has 2 aromatic rings. The Morgan fingerprint density at radius 3 is 2.65 bits per heavy atom. The van der Waals surface area contributed by atoms with E-state index in [1.54, 1.807) is 6.07 Å². The monoisotopic (exact) mass is 336 g/mol. The Bertz CT molecular complexity index is 611. The molecule has 0 saturated carbocycles. The maximum atomic E-state index is 13.4. The van der Waals surface area contributed by atoms with E-state index >= 15 is 0 Å². The van der Waals surface area contributed by atoms with E-state index in [9.17, 15) is 4.39 Å². The third-order valence-electron chi connectivity index (χ3n) is 3.21. The fraction of sp³-hybridized carbons (Fsp3) is 0.250. The number of hydrogen-bond acceptors (Lipinski definition) is 2. The summed E-state index contributed by atoms with van der Waals surface area (Å²) < 4.78 is 14.0. The predicted octanol–water partition coefficient (Wildman–Crippen LogP) is 4.57. The Kier molecular flexibility index (Phi) is 4.65. The second kappa shape index (κ2) is 6.27. The average molecular weight is 337 g/mol. The highest BCUT2D eigenvalue weighted by Gasteiger charge is 2.06. The molecule has 0 amide bonds. The Labute approximate surface area is 127 Å². The van der Waals surface area contributed by atoms with Crippen LogP contribution in [-0.4, -0.2) is 14.1 Å². The summed E-state index contributed by atoms with van der Waals surface area (Å²) in [5.74, 6) is -0.234. The van der Waals surface area contributed by atoms with Crippen molar-refractivity contribution < 1.29 is 4.39 Å². The minimum Gasteiger partial charge on any atom is -0.381 e. The Balaban J connectivity index is 2.15. The first-order valence-electron chi connectivity index (χ1n) is 6.44. The van der Waals surface area contributed by atoms with Crippen LogP contribution in [0.5, 0.6) is 0 Å². The number of halogens is 2. The van der Waals surface area contributed by atoms with Gasteiger partial charge in [-0.2, -0.15) is 0 Å². The Hall–Kier alpha value is -1.55. The molecule has 0 aromatic heterocycles. The number of rotatable bonds is 4. The first kappa shape index (κ1) is 14.9. The van der Waals surface area contributed by atoms with Crippen LogP contribution in [0.25, 0.3) is 0 Å². The normalized spacial score (nSPS) is 10.4. The van der Waals surface area contributed by atoms with Gasteiger partial charge in [-0.3, -0.25) is 0 Å². The van der Waals surface area contributed by atoms with Gasteiger partial charge in [-0.1, -0.05) is 18.2 Å². The zero-order valence-corrected chi connectivity index (χ0v) is 13.5. The molecule has 0 bridgehead atoms. The van der Waals surface area contributed by atoms with Crippen molar-refractivity contribution in [2.75, 3.05) is 24.3 Å². The summed E-state index contributed by atoms with van der Waals surface area (Å²) in [6.07, 6.45) is 0. The van der Waals surface area contributed by atoms with Crippen LogP contribution in [0.4, 0.5) is 15.8 Å². The third-order valence-corrected chi connectivity index (χ3v) is 4.09. The molecule has 0 aliphatic heterocycles. The number of benzene rings is 2. The van der Waals surface area contributed by atoms with Crippen LogP contribution in [0.1, 0.15) is 11.1 Å². The maximum Gasteiger partial charge on any atom is 0.137 e. The van der Waals surface area contributed by atoms with Gasteiger partial charge in [-0.25, -0.2) is 4.39 Å². The number of nitrogens with zero attached hydrogens (tertiary/aromatic N) is 1. The second-order valence-corrected chi connectivity index (χ2v) is 5.76. The standard InChI is InChI=1S/C16H18BrFN2/c1-11-7-8-13(9-15(11)20(2)3)19-10-12-5-4-6-14(18)16(12)17/h4-9,19H,10H2,1-3H3. The van der Waals surface area contributed by atoms with E-state index in [1.807, 2.05) is 26.2 Å². The van der Waals surface area contributed by atoms with Crippen LogP contribution < -0.4 is 10.2 Å². The highest BCUT2D eigenvalue weighted by Crippen LogP contribution is 2.25. The highest BCUT2D eigenvalue weighted by atomic mass is 79.9. The van der Waals surface area contributed by atoms with Crippen LogP contribution in [0.15, 0.2) is 40.9 Å². The van der Waals surface area contributed by atoms with Crippen molar-refractivity contribution in [1.29, 1.82) is 0 Å². The van der Waals surface area contributed by atoms with Gasteiger partial charge in [0.05, 0.1) is 4.47 Å². The van der Waals surface area contributed by atoms with Gasteiger partial charge in [0, 0.05) is 32.0 Å². The summed E-state index contributed by atoms with van der Waals surface area (Å²) in [4.78, 5) is 2.08. The molecule has 2 rings (SSSR count). The quantitative estimate of drug-likeness (QED) is 0.879. The van der Waals surface area contributed by atoms with E-state index in [4.69, 9.17) is 0 Å². The molecule has 0 fully saturated rings. The first-order valence-corrected chi connectivity index (χ1v) is 7.23. The lowest BCUT2D eigenvalue weighted by Gasteiger charge is -2.17. The van der Waals surface area contributed by atoms with E-state index in [1.165, 1.54) is 17.3 Å². The van der Waals surface area contributed by atoms with Crippen LogP contribution >= 0.6 is 15.9 Å². The van der Waals surface area contributed by atoms with E-state index < -0.39 is 0 Å². The molecular formula is C16H18BrFN2. The minimum atomic E-state index is -0.234. The van der Waals surface area contributed by atoms with Crippen molar-refractivity contribution in [3.63, 3.8) is 0 Å². The molecular weight excluding hydrogens is 319 g/mol. The minimum absolute atomic E-state index is 0.234. The molecule has 0 aliphatic rings. The van der Waals surface area contributed by atoms with Crippen molar-refractivity contribution in [2.24, 2.45) is 0 Å². The molecule has 1 N–H and O–H groups in total. The topological polar surface area (TPSA) is 15.3 Å². The first-order chi connectivity index (χ1) is 9.49. The summed E-state index contributed by atoms with van der Waals surface area (Å²) in [5, 5.41) is 3.33. The van der Waals surface area contributed by atoms with Gasteiger partial charge in [0.25, 0.3) is 0 Å². The number of hydrogen-bond donors (Lipinski definition) is 1. The van der Waals surface area contributed by atoms with Gasteiger partial charge in [0.15, 0.2) is 0 Å². The molecule has 0 heterocycles. The number of aryl methyl sites for hydroxylation is 1. The van der Waals surface area contributed by atoms with Crippen LogP contribution in [0.2, 0.25) is 0 Å². The van der Waals surface area contributed by atoms with Crippen LogP contribution in [-0.2, 0) is 6.54 Å². The maximum absolute atomic E-state index is 13.4. The Morgan fingerprint density at radius 2 is 1.95 bits per heavy atom. The largest absolute Gasteiger partial charge is 0.381 e. The zero-order chi connectivity index (χ0) is 14.7. The van der Waals surface area contributed by atoms with E-state index in [0.717, 1.165) is 11.3 Å². The highest BCUT2D eigenvalue weighted by molar-refractivity contribution is 9.10. The lowest BCUT2D eigenvalue weighted by atomic mass is 10.1. The van der Waals surface area contributed by atoms with E-state index in [2.05, 4.69) is 45.2 Å². The van der Waals surface area contributed by atoms with Gasteiger partial charge >= 0.3 is 0 Å². The van der Waals surface area contributed by atoms with Crippen molar-refractivity contribution >= 4 is 27.3 Å².